The lowest BCUT2D eigenvalue weighted by atomic mass is 10.0. The first-order valence-corrected chi connectivity index (χ1v) is 19.5. The Balaban J connectivity index is 0.000000242. The number of aromatic carboxylic acids is 1. The number of aromatic nitrogens is 1. The number of Topliss-reactive ketones (excluding diaryl/α,β-unsaturated/α-hetero) is 2. The average molecular weight is 917 g/mol. The molecule has 1 amide bonds. The van der Waals surface area contributed by atoms with Crippen LogP contribution in [0, 0.1) is 18.6 Å². The van der Waals surface area contributed by atoms with Gasteiger partial charge in [-0.1, -0.05) is 56.1 Å². The SMILES string of the molecule is CC(=O)CCC(=O)c1cc(Br)ccc1OCc1ccc(F)cc1.CC(=O)Nc1cc(C(=O)O)cc(-n2c(C)ccc2-c2cc(Br)ccc2OCc2ccc(F)cc2)c1. The molecule has 0 fully saturated rings. The van der Waals surface area contributed by atoms with Gasteiger partial charge in [-0.25, -0.2) is 13.6 Å². The standard InChI is InChI=1S/C27H22BrFN2O4.C18H16BrFO3/c1-16-3-9-25(31(16)23-12-19(27(33)34)11-22(14-23)30-17(2)32)24-13-20(28)6-10-26(24)35-15-18-4-7-21(29)8-5-18;1-12(21)2-8-17(22)16-10-14(19)5-9-18(16)23-11-13-3-6-15(20)7-4-13/h3-14H,15H2,1-2H3,(H,30,32)(H,33,34);3-7,9-10H,2,8,11H2,1H3. The number of rotatable bonds is 14. The van der Waals surface area contributed by atoms with Gasteiger partial charge >= 0.3 is 5.97 Å². The van der Waals surface area contributed by atoms with Gasteiger partial charge in [0.05, 0.1) is 16.8 Å². The Kier molecular flexibility index (Phi) is 14.9. The first-order chi connectivity index (χ1) is 27.7. The van der Waals surface area contributed by atoms with E-state index < -0.39 is 5.97 Å². The quantitative estimate of drug-likeness (QED) is 0.104. The van der Waals surface area contributed by atoms with Crippen molar-refractivity contribution in [2.45, 2.75) is 46.8 Å². The van der Waals surface area contributed by atoms with Gasteiger partial charge < -0.3 is 29.3 Å². The number of anilines is 1. The first-order valence-electron chi connectivity index (χ1n) is 17.9. The van der Waals surface area contributed by atoms with Crippen molar-refractivity contribution in [2.24, 2.45) is 0 Å². The topological polar surface area (TPSA) is 124 Å². The molecule has 0 bridgehead atoms. The van der Waals surface area contributed by atoms with Gasteiger partial charge in [-0.05, 0) is 116 Å². The Labute approximate surface area is 350 Å². The third-order valence-electron chi connectivity index (χ3n) is 8.60. The second kappa shape index (κ2) is 20.0. The van der Waals surface area contributed by atoms with E-state index in [1.54, 1.807) is 54.6 Å². The number of carbonyl (C=O) groups excluding carboxylic acids is 3. The molecule has 6 rings (SSSR count). The van der Waals surface area contributed by atoms with Crippen LogP contribution in [0.3, 0.4) is 0 Å². The molecule has 2 N–H and O–H groups in total. The fourth-order valence-corrected chi connectivity index (χ4v) is 6.53. The highest BCUT2D eigenvalue weighted by Gasteiger charge is 2.18. The predicted octanol–water partition coefficient (Wildman–Crippen LogP) is 11.3. The number of carboxylic acid groups (broad SMARTS) is 1. The predicted molar refractivity (Wildman–Crippen MR) is 225 cm³/mol. The fourth-order valence-electron chi connectivity index (χ4n) is 5.81. The molecular formula is C45H38Br2F2N2O7. The number of aryl methyl sites for hydroxylation is 1. The molecule has 9 nitrogen and oxygen atoms in total. The molecule has 1 heterocycles. The van der Waals surface area contributed by atoms with E-state index in [1.807, 2.05) is 41.8 Å². The minimum atomic E-state index is -1.10. The van der Waals surface area contributed by atoms with Gasteiger partial charge in [0.25, 0.3) is 0 Å². The summed E-state index contributed by atoms with van der Waals surface area (Å²) in [5.41, 5.74) is 5.47. The second-order valence-electron chi connectivity index (χ2n) is 13.2. The van der Waals surface area contributed by atoms with Crippen molar-refractivity contribution in [3.63, 3.8) is 0 Å². The van der Waals surface area contributed by atoms with Crippen molar-refractivity contribution in [3.05, 3.63) is 164 Å². The van der Waals surface area contributed by atoms with Gasteiger partial charge in [-0.2, -0.15) is 0 Å². The molecule has 0 aliphatic heterocycles. The van der Waals surface area contributed by atoms with Crippen molar-refractivity contribution in [1.82, 2.24) is 4.57 Å². The number of hydrogen-bond donors (Lipinski definition) is 2. The molecule has 298 valence electrons. The lowest BCUT2D eigenvalue weighted by molar-refractivity contribution is -0.117. The molecule has 0 atom stereocenters. The average Bonchev–Trinajstić information content (AvgIpc) is 3.57. The van der Waals surface area contributed by atoms with Crippen LogP contribution in [-0.2, 0) is 22.8 Å². The van der Waals surface area contributed by atoms with Crippen LogP contribution in [0.15, 0.2) is 124 Å². The van der Waals surface area contributed by atoms with Gasteiger partial charge in [0, 0.05) is 51.3 Å². The van der Waals surface area contributed by atoms with E-state index in [9.17, 15) is 33.1 Å². The van der Waals surface area contributed by atoms with E-state index in [0.29, 0.717) is 28.4 Å². The summed E-state index contributed by atoms with van der Waals surface area (Å²) in [5.74, 6) is -1.13. The summed E-state index contributed by atoms with van der Waals surface area (Å²) < 4.78 is 41.5. The van der Waals surface area contributed by atoms with Gasteiger partial charge in [0.1, 0.15) is 42.1 Å². The van der Waals surface area contributed by atoms with Crippen LogP contribution in [0.5, 0.6) is 11.5 Å². The first kappa shape index (κ1) is 43.2. The van der Waals surface area contributed by atoms with Crippen molar-refractivity contribution in [1.29, 1.82) is 0 Å². The molecular weight excluding hydrogens is 878 g/mol. The monoisotopic (exact) mass is 914 g/mol. The third kappa shape index (κ3) is 12.0. The zero-order valence-corrected chi connectivity index (χ0v) is 34.8. The summed E-state index contributed by atoms with van der Waals surface area (Å²) in [6.45, 7) is 5.21. The molecule has 13 heteroatoms. The molecule has 0 spiro atoms. The van der Waals surface area contributed by atoms with Gasteiger partial charge in [-0.3, -0.25) is 9.59 Å². The van der Waals surface area contributed by atoms with E-state index in [1.165, 1.54) is 44.2 Å². The van der Waals surface area contributed by atoms with Gasteiger partial charge in [-0.15, -0.1) is 0 Å². The molecule has 0 saturated carbocycles. The number of carboxylic acids is 1. The highest BCUT2D eigenvalue weighted by Crippen LogP contribution is 2.37. The number of ketones is 2. The lowest BCUT2D eigenvalue weighted by Gasteiger charge is -2.17. The molecule has 0 aliphatic carbocycles. The number of nitrogens with zero attached hydrogens (tertiary/aromatic N) is 1. The smallest absolute Gasteiger partial charge is 0.335 e. The molecule has 6 aromatic rings. The zero-order valence-electron chi connectivity index (χ0n) is 31.7. The molecule has 58 heavy (non-hydrogen) atoms. The maximum Gasteiger partial charge on any atom is 0.335 e. The Bertz CT molecular complexity index is 2450. The Morgan fingerprint density at radius 2 is 1.26 bits per heavy atom. The molecule has 0 aliphatic rings. The fraction of sp³-hybridized carbons (Fsp3) is 0.156. The number of amides is 1. The maximum atomic E-state index is 13.3. The zero-order chi connectivity index (χ0) is 41.9. The van der Waals surface area contributed by atoms with Crippen molar-refractivity contribution < 1.29 is 42.5 Å². The van der Waals surface area contributed by atoms with E-state index in [2.05, 4.69) is 37.2 Å². The summed E-state index contributed by atoms with van der Waals surface area (Å²) in [6.07, 6.45) is 0.363. The number of benzene rings is 5. The van der Waals surface area contributed by atoms with Crippen LogP contribution >= 0.6 is 31.9 Å². The number of carbonyl (C=O) groups is 4. The Morgan fingerprint density at radius 3 is 1.83 bits per heavy atom. The summed E-state index contributed by atoms with van der Waals surface area (Å²) in [7, 11) is 0. The van der Waals surface area contributed by atoms with E-state index in [0.717, 1.165) is 37.0 Å². The van der Waals surface area contributed by atoms with Crippen molar-refractivity contribution >= 4 is 61.0 Å². The van der Waals surface area contributed by atoms with E-state index in [4.69, 9.17) is 9.47 Å². The number of hydrogen-bond acceptors (Lipinski definition) is 6. The van der Waals surface area contributed by atoms with Crippen LogP contribution in [0.4, 0.5) is 14.5 Å². The van der Waals surface area contributed by atoms with Crippen molar-refractivity contribution in [2.75, 3.05) is 5.32 Å². The lowest BCUT2D eigenvalue weighted by Crippen LogP contribution is -2.09. The minimum Gasteiger partial charge on any atom is -0.488 e. The van der Waals surface area contributed by atoms with E-state index >= 15 is 0 Å². The number of ether oxygens (including phenoxy) is 2. The van der Waals surface area contributed by atoms with Crippen molar-refractivity contribution in [3.8, 4) is 28.4 Å². The van der Waals surface area contributed by atoms with Gasteiger partial charge in [0.15, 0.2) is 5.78 Å². The summed E-state index contributed by atoms with van der Waals surface area (Å²) in [6, 6.07) is 31.4. The Hall–Kier alpha value is -5.92. The minimum absolute atomic E-state index is 0.0258. The number of nitrogens with one attached hydrogen (secondary N) is 1. The second-order valence-corrected chi connectivity index (χ2v) is 15.0. The summed E-state index contributed by atoms with van der Waals surface area (Å²) >= 11 is 6.86. The molecule has 0 unspecified atom stereocenters. The highest BCUT2D eigenvalue weighted by atomic mass is 79.9. The largest absolute Gasteiger partial charge is 0.488 e. The van der Waals surface area contributed by atoms with E-state index in [-0.39, 0.29) is 60.7 Å². The normalized spacial score (nSPS) is 10.6. The van der Waals surface area contributed by atoms with Gasteiger partial charge in [0.2, 0.25) is 5.91 Å². The summed E-state index contributed by atoms with van der Waals surface area (Å²) in [5, 5.41) is 12.3. The highest BCUT2D eigenvalue weighted by molar-refractivity contribution is 9.10. The van der Waals surface area contributed by atoms with Crippen LogP contribution < -0.4 is 14.8 Å². The third-order valence-corrected chi connectivity index (χ3v) is 9.58. The van der Waals surface area contributed by atoms with Crippen LogP contribution in [0.1, 0.15) is 64.2 Å². The van der Waals surface area contributed by atoms with Crippen LogP contribution in [0.2, 0.25) is 0 Å². The number of halogens is 4. The Morgan fingerprint density at radius 1 is 0.690 bits per heavy atom. The molecule has 5 aromatic carbocycles. The maximum absolute atomic E-state index is 13.3. The van der Waals surface area contributed by atoms with Crippen LogP contribution in [0.25, 0.3) is 16.9 Å². The van der Waals surface area contributed by atoms with Crippen LogP contribution in [-0.4, -0.2) is 33.1 Å². The molecule has 0 saturated heterocycles. The molecule has 1 aromatic heterocycles. The summed E-state index contributed by atoms with van der Waals surface area (Å²) in [4.78, 5) is 46.7. The molecule has 0 radical (unpaired) electrons.